The van der Waals surface area contributed by atoms with Crippen LogP contribution >= 0.6 is 0 Å². The Morgan fingerprint density at radius 3 is 2.61 bits per heavy atom. The van der Waals surface area contributed by atoms with Crippen molar-refractivity contribution in [2.45, 2.75) is 38.1 Å². The normalized spacial score (nSPS) is 24.1. The van der Waals surface area contributed by atoms with Gasteiger partial charge >= 0.3 is 0 Å². The summed E-state index contributed by atoms with van der Waals surface area (Å²) in [4.78, 5) is 2.63. The maximum atomic E-state index is 3.25. The van der Waals surface area contributed by atoms with E-state index in [0.29, 0.717) is 5.54 Å². The highest BCUT2D eigenvalue weighted by molar-refractivity contribution is 5.21. The molecule has 1 unspecified atom stereocenters. The highest BCUT2D eigenvalue weighted by Gasteiger charge is 2.34. The molecule has 0 aromatic heterocycles. The van der Waals surface area contributed by atoms with E-state index in [1.807, 2.05) is 7.05 Å². The van der Waals surface area contributed by atoms with E-state index in [-0.39, 0.29) is 0 Å². The molecule has 2 heteroatoms. The van der Waals surface area contributed by atoms with Crippen LogP contribution in [-0.4, -0.2) is 37.1 Å². The zero-order chi connectivity index (χ0) is 13.0. The first-order valence-electron chi connectivity index (χ1n) is 7.08. The van der Waals surface area contributed by atoms with Crippen molar-refractivity contribution < 1.29 is 0 Å². The van der Waals surface area contributed by atoms with Crippen LogP contribution in [0.2, 0.25) is 0 Å². The summed E-state index contributed by atoms with van der Waals surface area (Å²) in [5.41, 5.74) is 1.83. The Labute approximate surface area is 111 Å². The smallest absolute Gasteiger partial charge is 0.0159 e. The Bertz CT molecular complexity index is 359. The van der Waals surface area contributed by atoms with Crippen molar-refractivity contribution in [1.29, 1.82) is 0 Å². The fourth-order valence-corrected chi connectivity index (χ4v) is 3.12. The van der Waals surface area contributed by atoms with Gasteiger partial charge < -0.3 is 5.32 Å². The van der Waals surface area contributed by atoms with Crippen LogP contribution in [0.4, 0.5) is 0 Å². The van der Waals surface area contributed by atoms with Gasteiger partial charge in [0.1, 0.15) is 0 Å². The quantitative estimate of drug-likeness (QED) is 0.879. The van der Waals surface area contributed by atoms with Gasteiger partial charge in [-0.3, -0.25) is 4.90 Å². The number of nitrogens with zero attached hydrogens (tertiary/aromatic N) is 1. The lowest BCUT2D eigenvalue weighted by Gasteiger charge is -2.46. The molecule has 0 amide bonds. The molecule has 2 rings (SSSR count). The first-order chi connectivity index (χ1) is 8.63. The molecule has 2 nitrogen and oxygen atoms in total. The molecule has 0 aliphatic carbocycles. The van der Waals surface area contributed by atoms with Crippen LogP contribution in [0.15, 0.2) is 30.3 Å². The van der Waals surface area contributed by atoms with Crippen molar-refractivity contribution in [1.82, 2.24) is 10.2 Å². The highest BCUT2D eigenvalue weighted by atomic mass is 15.2. The summed E-state index contributed by atoms with van der Waals surface area (Å²) >= 11 is 0. The number of likely N-dealkylation sites (N-methyl/N-ethyl adjacent to an activating group) is 1. The molecule has 1 heterocycles. The van der Waals surface area contributed by atoms with Gasteiger partial charge in [0.05, 0.1) is 0 Å². The molecular formula is C16H26N2. The molecule has 1 saturated heterocycles. The number of likely N-dealkylation sites (tertiary alicyclic amines) is 1. The predicted octanol–water partition coefficient (Wildman–Crippen LogP) is 2.86. The van der Waals surface area contributed by atoms with Gasteiger partial charge in [0.25, 0.3) is 0 Å². The molecule has 0 radical (unpaired) electrons. The zero-order valence-electron chi connectivity index (χ0n) is 11.9. The number of hydrogen-bond acceptors (Lipinski definition) is 2. The minimum absolute atomic E-state index is 0.315. The first kappa shape index (κ1) is 13.6. The van der Waals surface area contributed by atoms with Gasteiger partial charge in [-0.25, -0.2) is 0 Å². The van der Waals surface area contributed by atoms with Gasteiger partial charge in [-0.1, -0.05) is 30.3 Å². The molecule has 1 fully saturated rings. The monoisotopic (exact) mass is 246 g/mol. The molecule has 18 heavy (non-hydrogen) atoms. The van der Waals surface area contributed by atoms with Crippen molar-refractivity contribution in [3.63, 3.8) is 0 Å². The van der Waals surface area contributed by atoms with E-state index in [9.17, 15) is 0 Å². The lowest BCUT2D eigenvalue weighted by molar-refractivity contribution is 0.0670. The van der Waals surface area contributed by atoms with Gasteiger partial charge in [-0.05, 0) is 51.8 Å². The zero-order valence-corrected chi connectivity index (χ0v) is 11.9. The molecule has 1 aliphatic rings. The lowest BCUT2D eigenvalue weighted by atomic mass is 9.79. The average molecular weight is 246 g/mol. The second-order valence-corrected chi connectivity index (χ2v) is 6.00. The molecule has 0 spiro atoms. The fourth-order valence-electron chi connectivity index (χ4n) is 3.12. The molecular weight excluding hydrogens is 220 g/mol. The summed E-state index contributed by atoms with van der Waals surface area (Å²) in [5, 5.41) is 3.25. The summed E-state index contributed by atoms with van der Waals surface area (Å²) in [6, 6.07) is 11.0. The summed E-state index contributed by atoms with van der Waals surface area (Å²) in [7, 11) is 2.03. The lowest BCUT2D eigenvalue weighted by Crippen LogP contribution is -2.51. The molecule has 0 bridgehead atoms. The van der Waals surface area contributed by atoms with E-state index in [1.54, 1.807) is 0 Å². The predicted molar refractivity (Wildman–Crippen MR) is 78.0 cm³/mol. The van der Waals surface area contributed by atoms with E-state index < -0.39 is 0 Å². The van der Waals surface area contributed by atoms with Gasteiger partial charge in [0.2, 0.25) is 0 Å². The maximum Gasteiger partial charge on any atom is 0.0159 e. The molecule has 0 saturated carbocycles. The van der Waals surface area contributed by atoms with Crippen LogP contribution in [0.5, 0.6) is 0 Å². The number of hydrogen-bond donors (Lipinski definition) is 1. The Balaban J connectivity index is 2.01. The molecule has 1 N–H and O–H groups in total. The molecule has 1 aromatic rings. The second-order valence-electron chi connectivity index (χ2n) is 6.00. The summed E-state index contributed by atoms with van der Waals surface area (Å²) in [6.45, 7) is 8.23. The van der Waals surface area contributed by atoms with Crippen LogP contribution in [0.1, 0.15) is 38.2 Å². The third-order valence-corrected chi connectivity index (χ3v) is 4.25. The van der Waals surface area contributed by atoms with Gasteiger partial charge in [0, 0.05) is 18.6 Å². The average Bonchev–Trinajstić information content (AvgIpc) is 2.37. The Hall–Kier alpha value is -0.860. The van der Waals surface area contributed by atoms with Crippen molar-refractivity contribution in [3.8, 4) is 0 Å². The number of piperidine rings is 1. The van der Waals surface area contributed by atoms with Crippen LogP contribution in [-0.2, 0) is 0 Å². The molecule has 1 aromatic carbocycles. The Morgan fingerprint density at radius 2 is 2.00 bits per heavy atom. The van der Waals surface area contributed by atoms with Crippen molar-refractivity contribution in [2.75, 3.05) is 26.7 Å². The second kappa shape index (κ2) is 5.85. The Morgan fingerprint density at radius 1 is 1.28 bits per heavy atom. The number of nitrogens with one attached hydrogen (secondary N) is 1. The summed E-state index contributed by atoms with van der Waals surface area (Å²) in [6.07, 6.45) is 2.55. The van der Waals surface area contributed by atoms with Gasteiger partial charge in [-0.2, -0.15) is 0 Å². The topological polar surface area (TPSA) is 15.3 Å². The number of rotatable bonds is 4. The third-order valence-electron chi connectivity index (χ3n) is 4.25. The highest BCUT2D eigenvalue weighted by Crippen LogP contribution is 2.37. The number of benzene rings is 1. The van der Waals surface area contributed by atoms with Crippen molar-refractivity contribution in [2.24, 2.45) is 0 Å². The SMILES string of the molecule is CNCCN1CCC(c2ccccc2)CC1(C)C. The van der Waals surface area contributed by atoms with Crippen LogP contribution in [0, 0.1) is 0 Å². The maximum absolute atomic E-state index is 3.25. The fraction of sp³-hybridized carbons (Fsp3) is 0.625. The van der Waals surface area contributed by atoms with E-state index in [0.717, 1.165) is 19.0 Å². The third kappa shape index (κ3) is 3.12. The van der Waals surface area contributed by atoms with Crippen LogP contribution < -0.4 is 5.32 Å². The first-order valence-corrected chi connectivity index (χ1v) is 7.08. The molecule has 1 aliphatic heterocycles. The van der Waals surface area contributed by atoms with Crippen molar-refractivity contribution in [3.05, 3.63) is 35.9 Å². The molecule has 1 atom stereocenters. The van der Waals surface area contributed by atoms with Crippen LogP contribution in [0.3, 0.4) is 0 Å². The summed E-state index contributed by atoms with van der Waals surface area (Å²) < 4.78 is 0. The van der Waals surface area contributed by atoms with Gasteiger partial charge in [0.15, 0.2) is 0 Å². The van der Waals surface area contributed by atoms with Gasteiger partial charge in [-0.15, -0.1) is 0 Å². The van der Waals surface area contributed by atoms with E-state index in [1.165, 1.54) is 24.9 Å². The van der Waals surface area contributed by atoms with E-state index in [2.05, 4.69) is 54.4 Å². The van der Waals surface area contributed by atoms with Crippen LogP contribution in [0.25, 0.3) is 0 Å². The Kier molecular flexibility index (Phi) is 4.41. The van der Waals surface area contributed by atoms with E-state index >= 15 is 0 Å². The minimum Gasteiger partial charge on any atom is -0.318 e. The molecule has 100 valence electrons. The van der Waals surface area contributed by atoms with E-state index in [4.69, 9.17) is 0 Å². The standard InChI is InChI=1S/C16H26N2/c1-16(2)13-15(14-7-5-4-6-8-14)9-11-18(16)12-10-17-3/h4-8,15,17H,9-13H2,1-3H3. The summed E-state index contributed by atoms with van der Waals surface area (Å²) in [5.74, 6) is 0.729. The van der Waals surface area contributed by atoms with Crippen molar-refractivity contribution >= 4 is 0 Å². The minimum atomic E-state index is 0.315. The largest absolute Gasteiger partial charge is 0.318 e.